The molecule has 0 aliphatic heterocycles. The molecule has 2 aliphatic carbocycles. The van der Waals surface area contributed by atoms with E-state index in [0.717, 1.165) is 6.42 Å². The predicted octanol–water partition coefficient (Wildman–Crippen LogP) is 4.22. The van der Waals surface area contributed by atoms with Gasteiger partial charge in [0.1, 0.15) is 0 Å². The van der Waals surface area contributed by atoms with Crippen LogP contribution in [0.4, 0.5) is 0 Å². The Kier molecular flexibility index (Phi) is 2.38. The summed E-state index contributed by atoms with van der Waals surface area (Å²) in [7, 11) is 0. The molecular weight excluding hydrogens is 324 g/mol. The summed E-state index contributed by atoms with van der Waals surface area (Å²) in [4.78, 5) is 0. The summed E-state index contributed by atoms with van der Waals surface area (Å²) in [5, 5.41) is 12.5. The van der Waals surface area contributed by atoms with Crippen LogP contribution in [0, 0.1) is 0 Å². The van der Waals surface area contributed by atoms with Gasteiger partial charge in [-0.1, -0.05) is 78.9 Å². The van der Waals surface area contributed by atoms with Crippen LogP contribution in [0.2, 0.25) is 0 Å². The second-order valence-electron chi connectivity index (χ2n) is 7.72. The van der Waals surface area contributed by atoms with Crippen LogP contribution < -0.4 is 15.7 Å². The minimum atomic E-state index is 1.02. The van der Waals surface area contributed by atoms with E-state index in [2.05, 4.69) is 84.9 Å². The molecule has 0 nitrogen and oxygen atoms in total. The highest BCUT2D eigenvalue weighted by atomic mass is 14.3. The number of hydrogen-bond acceptors (Lipinski definition) is 0. The zero-order valence-electron chi connectivity index (χ0n) is 14.8. The van der Waals surface area contributed by atoms with Gasteiger partial charge in [0.15, 0.2) is 0 Å². The van der Waals surface area contributed by atoms with Crippen molar-refractivity contribution in [1.29, 1.82) is 0 Å². The molecule has 27 heavy (non-hydrogen) atoms. The van der Waals surface area contributed by atoms with Crippen molar-refractivity contribution in [3.63, 3.8) is 0 Å². The highest BCUT2D eigenvalue weighted by molar-refractivity contribution is 6.26. The predicted molar refractivity (Wildman–Crippen MR) is 115 cm³/mol. The summed E-state index contributed by atoms with van der Waals surface area (Å²) in [5.41, 5.74) is 4.37. The van der Waals surface area contributed by atoms with Gasteiger partial charge in [0, 0.05) is 0 Å². The zero-order valence-corrected chi connectivity index (χ0v) is 14.8. The van der Waals surface area contributed by atoms with E-state index in [-0.39, 0.29) is 0 Å². The first kappa shape index (κ1) is 13.8. The van der Waals surface area contributed by atoms with E-state index >= 15 is 0 Å². The van der Waals surface area contributed by atoms with Crippen LogP contribution in [0.3, 0.4) is 0 Å². The molecule has 5 aromatic carbocycles. The lowest BCUT2D eigenvalue weighted by atomic mass is 9.82. The number of fused-ring (bicyclic) bond motifs is 4. The van der Waals surface area contributed by atoms with E-state index in [4.69, 9.17) is 0 Å². The molecule has 0 bridgehead atoms. The average molecular weight is 340 g/mol. The van der Waals surface area contributed by atoms with E-state index in [1.54, 1.807) is 0 Å². The second-order valence-corrected chi connectivity index (χ2v) is 7.72. The minimum Gasteiger partial charge on any atom is -0.0616 e. The molecule has 0 radical (unpaired) electrons. The van der Waals surface area contributed by atoms with Gasteiger partial charge >= 0.3 is 0 Å². The van der Waals surface area contributed by atoms with Crippen LogP contribution in [-0.4, -0.2) is 0 Å². The summed E-state index contributed by atoms with van der Waals surface area (Å²) in [6.45, 7) is 0. The fraction of sp³-hybridized carbons (Fsp3) is 0.0370. The second kappa shape index (κ2) is 4.66. The van der Waals surface area contributed by atoms with Crippen molar-refractivity contribution < 1.29 is 0 Å². The summed E-state index contributed by atoms with van der Waals surface area (Å²) in [6, 6.07) is 29.2. The van der Waals surface area contributed by atoms with Crippen molar-refractivity contribution in [2.45, 2.75) is 6.42 Å². The lowest BCUT2D eigenvalue weighted by Crippen LogP contribution is -2.23. The average Bonchev–Trinajstić information content (AvgIpc) is 3.09. The smallest absolute Gasteiger partial charge is 0.000705 e. The van der Waals surface area contributed by atoms with Gasteiger partial charge in [-0.2, -0.15) is 0 Å². The van der Waals surface area contributed by atoms with Crippen molar-refractivity contribution in [3.05, 3.63) is 100 Å². The molecule has 0 saturated carbocycles. The lowest BCUT2D eigenvalue weighted by molar-refractivity contribution is 1.30. The van der Waals surface area contributed by atoms with Crippen molar-refractivity contribution >= 4 is 49.5 Å². The van der Waals surface area contributed by atoms with E-state index in [1.807, 2.05) is 0 Å². The van der Waals surface area contributed by atoms with Crippen molar-refractivity contribution in [2.75, 3.05) is 0 Å². The molecular formula is C27H16. The van der Waals surface area contributed by atoms with Crippen LogP contribution in [0.5, 0.6) is 0 Å². The molecule has 0 heteroatoms. The third-order valence-corrected chi connectivity index (χ3v) is 6.41. The SMILES string of the molecule is C1=c2ccccc2=C2Cc3cccc4c3c(c3cccc5cccc4c53)=C12. The molecule has 0 unspecified atom stereocenters. The van der Waals surface area contributed by atoms with E-state index in [9.17, 15) is 0 Å². The van der Waals surface area contributed by atoms with Gasteiger partial charge in [0.2, 0.25) is 0 Å². The van der Waals surface area contributed by atoms with Crippen LogP contribution in [0.15, 0.2) is 78.9 Å². The number of hydrogen-bond donors (Lipinski definition) is 0. The first-order chi connectivity index (χ1) is 13.4. The maximum atomic E-state index is 2.41. The zero-order chi connectivity index (χ0) is 17.5. The number of rotatable bonds is 0. The summed E-state index contributed by atoms with van der Waals surface area (Å²) < 4.78 is 0. The molecule has 0 saturated heterocycles. The van der Waals surface area contributed by atoms with Crippen molar-refractivity contribution in [3.8, 4) is 0 Å². The Hall–Kier alpha value is -3.38. The topological polar surface area (TPSA) is 0 Å². The molecule has 0 N–H and O–H groups in total. The Morgan fingerprint density at radius 3 is 2.22 bits per heavy atom. The maximum absolute atomic E-state index is 2.41. The number of benzene rings is 5. The largest absolute Gasteiger partial charge is 0.0616 e. The maximum Gasteiger partial charge on any atom is -0.000705 e. The summed E-state index contributed by atoms with van der Waals surface area (Å²) >= 11 is 0. The molecule has 124 valence electrons. The van der Waals surface area contributed by atoms with Gasteiger partial charge in [-0.05, 0) is 77.2 Å². The molecule has 0 fully saturated rings. The molecule has 0 spiro atoms. The highest BCUT2D eigenvalue weighted by Gasteiger charge is 2.22. The first-order valence-corrected chi connectivity index (χ1v) is 9.59. The lowest BCUT2D eigenvalue weighted by Gasteiger charge is -2.21. The highest BCUT2D eigenvalue weighted by Crippen LogP contribution is 2.36. The molecule has 5 aromatic rings. The van der Waals surface area contributed by atoms with Crippen LogP contribution in [0.1, 0.15) is 5.56 Å². The van der Waals surface area contributed by atoms with E-state index < -0.39 is 0 Å². The van der Waals surface area contributed by atoms with Gasteiger partial charge in [-0.3, -0.25) is 0 Å². The summed E-state index contributed by atoms with van der Waals surface area (Å²) in [5.74, 6) is 0. The van der Waals surface area contributed by atoms with Crippen molar-refractivity contribution in [1.82, 2.24) is 0 Å². The molecule has 0 heterocycles. The first-order valence-electron chi connectivity index (χ1n) is 9.59. The van der Waals surface area contributed by atoms with Crippen LogP contribution >= 0.6 is 0 Å². The van der Waals surface area contributed by atoms with Gasteiger partial charge in [0.05, 0.1) is 0 Å². The van der Waals surface area contributed by atoms with Gasteiger partial charge in [0.25, 0.3) is 0 Å². The summed E-state index contributed by atoms with van der Waals surface area (Å²) in [6.07, 6.45) is 3.43. The van der Waals surface area contributed by atoms with E-state index in [0.29, 0.717) is 0 Å². The van der Waals surface area contributed by atoms with Gasteiger partial charge in [-0.15, -0.1) is 0 Å². The monoisotopic (exact) mass is 340 g/mol. The standard InChI is InChI=1S/C27H16/c1-2-10-19-17(6-1)14-24-23(19)15-18-9-5-12-21-20-11-3-7-16-8-4-13-22(25(16)20)27(24)26(18)21/h1-14H,15H2. The minimum absolute atomic E-state index is 1.02. The fourth-order valence-electron chi connectivity index (χ4n) is 5.34. The van der Waals surface area contributed by atoms with Crippen molar-refractivity contribution in [2.24, 2.45) is 0 Å². The van der Waals surface area contributed by atoms with E-state index in [1.165, 1.54) is 64.7 Å². The van der Waals surface area contributed by atoms with Crippen LogP contribution in [-0.2, 0) is 6.42 Å². The normalized spacial score (nSPS) is 14.7. The fourth-order valence-corrected chi connectivity index (χ4v) is 5.34. The van der Waals surface area contributed by atoms with Gasteiger partial charge in [-0.25, -0.2) is 0 Å². The molecule has 0 atom stereocenters. The Morgan fingerprint density at radius 1 is 0.593 bits per heavy atom. The molecule has 0 amide bonds. The Bertz CT molecular complexity index is 1630. The quantitative estimate of drug-likeness (QED) is 0.292. The molecule has 7 rings (SSSR count). The molecule has 0 aromatic heterocycles. The van der Waals surface area contributed by atoms with Gasteiger partial charge < -0.3 is 0 Å². The third-order valence-electron chi connectivity index (χ3n) is 6.41. The Morgan fingerprint density at radius 2 is 1.33 bits per heavy atom. The Labute approximate surface area is 156 Å². The Balaban J connectivity index is 1.91. The third kappa shape index (κ3) is 1.60. The molecule has 2 aliphatic rings. The van der Waals surface area contributed by atoms with Crippen LogP contribution in [0.25, 0.3) is 49.5 Å².